The first-order chi connectivity index (χ1) is 10.3. The van der Waals surface area contributed by atoms with Crippen LogP contribution in [0.15, 0.2) is 45.7 Å². The van der Waals surface area contributed by atoms with Gasteiger partial charge in [0.1, 0.15) is 5.76 Å². The van der Waals surface area contributed by atoms with Crippen LogP contribution in [0.25, 0.3) is 0 Å². The molecule has 0 aliphatic heterocycles. The fourth-order valence-corrected chi connectivity index (χ4v) is 3.55. The van der Waals surface area contributed by atoms with Crippen LogP contribution in [0.1, 0.15) is 28.8 Å². The quantitative estimate of drug-likeness (QED) is 0.918. The van der Waals surface area contributed by atoms with Crippen LogP contribution < -0.4 is 5.32 Å². The maximum absolute atomic E-state index is 12.3. The zero-order chi connectivity index (χ0) is 16.3. The molecule has 0 aliphatic rings. The lowest BCUT2D eigenvalue weighted by Crippen LogP contribution is -2.37. The second-order valence-electron chi connectivity index (χ2n) is 5.38. The SMILES string of the molecule is Cc1ccc(S(=O)(=O)C[C@@H](C)NC(=O)c2ccc(C)o2)cc1. The Morgan fingerprint density at radius 3 is 2.32 bits per heavy atom. The summed E-state index contributed by atoms with van der Waals surface area (Å²) in [6.45, 7) is 5.28. The second-order valence-corrected chi connectivity index (χ2v) is 7.41. The molecule has 6 heteroatoms. The van der Waals surface area contributed by atoms with Crippen LogP contribution in [0.2, 0.25) is 0 Å². The molecule has 0 aliphatic carbocycles. The van der Waals surface area contributed by atoms with Crippen molar-refractivity contribution in [3.63, 3.8) is 0 Å². The highest BCUT2D eigenvalue weighted by molar-refractivity contribution is 7.91. The molecule has 0 fully saturated rings. The molecule has 1 aromatic carbocycles. The predicted molar refractivity (Wildman–Crippen MR) is 83.6 cm³/mol. The molecule has 0 spiro atoms. The van der Waals surface area contributed by atoms with Gasteiger partial charge in [0.15, 0.2) is 15.6 Å². The van der Waals surface area contributed by atoms with Gasteiger partial charge in [-0.1, -0.05) is 17.7 Å². The minimum Gasteiger partial charge on any atom is -0.456 e. The van der Waals surface area contributed by atoms with Gasteiger partial charge in [0.05, 0.1) is 10.6 Å². The first-order valence-electron chi connectivity index (χ1n) is 6.94. The number of rotatable bonds is 5. The van der Waals surface area contributed by atoms with Crippen LogP contribution >= 0.6 is 0 Å². The molecule has 0 unspecified atom stereocenters. The molecule has 1 heterocycles. The molecule has 22 heavy (non-hydrogen) atoms. The summed E-state index contributed by atoms with van der Waals surface area (Å²) in [4.78, 5) is 12.2. The van der Waals surface area contributed by atoms with Crippen molar-refractivity contribution in [2.45, 2.75) is 31.7 Å². The van der Waals surface area contributed by atoms with E-state index in [9.17, 15) is 13.2 Å². The summed E-state index contributed by atoms with van der Waals surface area (Å²) in [7, 11) is -3.44. The molecule has 2 aromatic rings. The van der Waals surface area contributed by atoms with Gasteiger partial charge in [0.2, 0.25) is 0 Å². The zero-order valence-electron chi connectivity index (χ0n) is 12.8. The van der Waals surface area contributed by atoms with E-state index in [1.165, 1.54) is 0 Å². The molecule has 0 bridgehead atoms. The van der Waals surface area contributed by atoms with Crippen molar-refractivity contribution in [3.8, 4) is 0 Å². The average molecular weight is 321 g/mol. The molecule has 1 amide bonds. The molecule has 0 radical (unpaired) electrons. The van der Waals surface area contributed by atoms with Crippen LogP contribution in [-0.2, 0) is 9.84 Å². The minimum absolute atomic E-state index is 0.165. The number of aryl methyl sites for hydroxylation is 2. The molecular weight excluding hydrogens is 302 g/mol. The highest BCUT2D eigenvalue weighted by Gasteiger charge is 2.21. The van der Waals surface area contributed by atoms with Gasteiger partial charge in [-0.05, 0) is 45.0 Å². The number of carbonyl (C=O) groups excluding carboxylic acids is 1. The molecule has 118 valence electrons. The summed E-state index contributed by atoms with van der Waals surface area (Å²) in [5.74, 6) is 0.225. The molecule has 1 atom stereocenters. The normalized spacial score (nSPS) is 12.9. The number of hydrogen-bond donors (Lipinski definition) is 1. The second kappa shape index (κ2) is 6.36. The number of amides is 1. The standard InChI is InChI=1S/C16H19NO4S/c1-11-4-7-14(8-5-11)22(19,20)10-12(2)17-16(18)15-9-6-13(3)21-15/h4-9,12H,10H2,1-3H3,(H,17,18)/t12-/m1/s1. The first kappa shape index (κ1) is 16.3. The molecule has 1 N–H and O–H groups in total. The van der Waals surface area contributed by atoms with Gasteiger partial charge in [-0.15, -0.1) is 0 Å². The summed E-state index contributed by atoms with van der Waals surface area (Å²) in [6, 6.07) is 9.38. The largest absolute Gasteiger partial charge is 0.456 e. The van der Waals surface area contributed by atoms with Crippen molar-refractivity contribution in [3.05, 3.63) is 53.5 Å². The van der Waals surface area contributed by atoms with E-state index in [1.54, 1.807) is 50.2 Å². The molecule has 5 nitrogen and oxygen atoms in total. The molecule has 2 rings (SSSR count). The van der Waals surface area contributed by atoms with Crippen LogP contribution in [0.5, 0.6) is 0 Å². The third-order valence-corrected chi connectivity index (χ3v) is 5.12. The molecule has 0 saturated heterocycles. The summed E-state index contributed by atoms with van der Waals surface area (Å²) in [5, 5.41) is 2.63. The van der Waals surface area contributed by atoms with Crippen LogP contribution in [0.4, 0.5) is 0 Å². The van der Waals surface area contributed by atoms with E-state index in [1.807, 2.05) is 6.92 Å². The van der Waals surface area contributed by atoms with Gasteiger partial charge in [-0.3, -0.25) is 4.79 Å². The van der Waals surface area contributed by atoms with E-state index in [2.05, 4.69) is 5.32 Å². The van der Waals surface area contributed by atoms with Gasteiger partial charge in [-0.2, -0.15) is 0 Å². The maximum Gasteiger partial charge on any atom is 0.287 e. The summed E-state index contributed by atoms with van der Waals surface area (Å²) in [5.41, 5.74) is 0.994. The van der Waals surface area contributed by atoms with Crippen molar-refractivity contribution >= 4 is 15.7 Å². The van der Waals surface area contributed by atoms with Gasteiger partial charge < -0.3 is 9.73 Å². The topological polar surface area (TPSA) is 76.4 Å². The van der Waals surface area contributed by atoms with Crippen molar-refractivity contribution < 1.29 is 17.6 Å². The lowest BCUT2D eigenvalue weighted by Gasteiger charge is -2.13. The predicted octanol–water partition coefficient (Wildman–Crippen LogP) is 2.49. The third kappa shape index (κ3) is 3.98. The van der Waals surface area contributed by atoms with E-state index >= 15 is 0 Å². The minimum atomic E-state index is -3.44. The third-order valence-electron chi connectivity index (χ3n) is 3.19. The Kier molecular flexibility index (Phi) is 4.71. The zero-order valence-corrected chi connectivity index (χ0v) is 13.6. The Bertz CT molecular complexity index is 760. The fraction of sp³-hybridized carbons (Fsp3) is 0.312. The van der Waals surface area contributed by atoms with Crippen molar-refractivity contribution in [2.24, 2.45) is 0 Å². The van der Waals surface area contributed by atoms with Crippen molar-refractivity contribution in [1.29, 1.82) is 0 Å². The number of furan rings is 1. The van der Waals surface area contributed by atoms with Crippen molar-refractivity contribution in [2.75, 3.05) is 5.75 Å². The Labute approximate surface area is 130 Å². The van der Waals surface area contributed by atoms with E-state index in [-0.39, 0.29) is 16.4 Å². The number of sulfone groups is 1. The fourth-order valence-electron chi connectivity index (χ4n) is 2.06. The molecule has 0 saturated carbocycles. The summed E-state index contributed by atoms with van der Waals surface area (Å²) < 4.78 is 29.8. The van der Waals surface area contributed by atoms with E-state index in [0.717, 1.165) is 5.56 Å². The van der Waals surface area contributed by atoms with Gasteiger partial charge >= 0.3 is 0 Å². The van der Waals surface area contributed by atoms with Crippen LogP contribution in [0.3, 0.4) is 0 Å². The summed E-state index contributed by atoms with van der Waals surface area (Å²) in [6.07, 6.45) is 0. The lowest BCUT2D eigenvalue weighted by molar-refractivity contribution is 0.0914. The Balaban J connectivity index is 2.03. The van der Waals surface area contributed by atoms with E-state index in [4.69, 9.17) is 4.42 Å². The number of carbonyl (C=O) groups is 1. The Morgan fingerprint density at radius 2 is 1.77 bits per heavy atom. The average Bonchev–Trinajstić information content (AvgIpc) is 2.85. The molecule has 1 aromatic heterocycles. The smallest absolute Gasteiger partial charge is 0.287 e. The first-order valence-corrected chi connectivity index (χ1v) is 8.60. The van der Waals surface area contributed by atoms with E-state index < -0.39 is 21.8 Å². The monoisotopic (exact) mass is 321 g/mol. The van der Waals surface area contributed by atoms with Gasteiger partial charge in [0.25, 0.3) is 5.91 Å². The summed E-state index contributed by atoms with van der Waals surface area (Å²) >= 11 is 0. The molecular formula is C16H19NO4S. The Hall–Kier alpha value is -2.08. The lowest BCUT2D eigenvalue weighted by atomic mass is 10.2. The number of hydrogen-bond acceptors (Lipinski definition) is 4. The number of nitrogens with one attached hydrogen (secondary N) is 1. The number of benzene rings is 1. The maximum atomic E-state index is 12.3. The van der Waals surface area contributed by atoms with Crippen molar-refractivity contribution in [1.82, 2.24) is 5.32 Å². The van der Waals surface area contributed by atoms with E-state index in [0.29, 0.717) is 5.76 Å². The van der Waals surface area contributed by atoms with Crippen LogP contribution in [0, 0.1) is 13.8 Å². The highest BCUT2D eigenvalue weighted by atomic mass is 32.2. The highest BCUT2D eigenvalue weighted by Crippen LogP contribution is 2.13. The Morgan fingerprint density at radius 1 is 1.14 bits per heavy atom. The van der Waals surface area contributed by atoms with Gasteiger partial charge in [-0.25, -0.2) is 8.42 Å². The van der Waals surface area contributed by atoms with Crippen LogP contribution in [-0.4, -0.2) is 26.1 Å². The van der Waals surface area contributed by atoms with Gasteiger partial charge in [0, 0.05) is 6.04 Å².